The van der Waals surface area contributed by atoms with Crippen LogP contribution in [0.5, 0.6) is 11.5 Å². The maximum Gasteiger partial charge on any atom is 0.338 e. The lowest BCUT2D eigenvalue weighted by atomic mass is 9.93. The smallest absolute Gasteiger partial charge is 0.338 e. The molecule has 0 aromatic heterocycles. The summed E-state index contributed by atoms with van der Waals surface area (Å²) in [6.07, 6.45) is -0.126. The molecule has 1 fully saturated rings. The number of nitrogens with one attached hydrogen (secondary N) is 1. The summed E-state index contributed by atoms with van der Waals surface area (Å²) < 4.78 is 17.2. The average molecular weight is 577 g/mol. The minimum absolute atomic E-state index is 0.0798. The summed E-state index contributed by atoms with van der Waals surface area (Å²) in [5.74, 6) is 0.854. The number of ether oxygens (including phenoxy) is 3. The second kappa shape index (κ2) is 13.4. The van der Waals surface area contributed by atoms with Gasteiger partial charge < -0.3 is 24.4 Å². The Labute approximate surface area is 245 Å². The summed E-state index contributed by atoms with van der Waals surface area (Å²) in [6, 6.07) is 16.7. The Morgan fingerprint density at radius 3 is 2.61 bits per heavy atom. The van der Waals surface area contributed by atoms with Gasteiger partial charge in [-0.2, -0.15) is 0 Å². The number of benzene rings is 2. The highest BCUT2D eigenvalue weighted by Gasteiger charge is 2.41. The van der Waals surface area contributed by atoms with Crippen LogP contribution in [-0.2, 0) is 19.1 Å². The first kappa shape index (κ1) is 28.9. The Morgan fingerprint density at radius 2 is 1.85 bits per heavy atom. The summed E-state index contributed by atoms with van der Waals surface area (Å²) in [5.41, 5.74) is 2.65. The van der Waals surface area contributed by atoms with E-state index in [0.717, 1.165) is 49.3 Å². The minimum atomic E-state index is -0.532. The lowest BCUT2D eigenvalue weighted by Crippen LogP contribution is -2.42. The molecule has 1 N–H and O–H groups in total. The van der Waals surface area contributed by atoms with E-state index in [-0.39, 0.29) is 18.4 Å². The highest BCUT2D eigenvalue weighted by atomic mass is 32.2. The van der Waals surface area contributed by atoms with E-state index < -0.39 is 12.0 Å². The van der Waals surface area contributed by atoms with Gasteiger partial charge in [-0.1, -0.05) is 42.1 Å². The molecule has 0 saturated carbocycles. The fraction of sp³-hybridized carbons (Fsp3) is 0.387. The largest absolute Gasteiger partial charge is 0.459 e. The molecule has 1 saturated heterocycles. The van der Waals surface area contributed by atoms with Crippen molar-refractivity contribution in [2.24, 2.45) is 4.99 Å². The third kappa shape index (κ3) is 7.19. The summed E-state index contributed by atoms with van der Waals surface area (Å²) >= 11 is 1.45. The summed E-state index contributed by atoms with van der Waals surface area (Å²) in [6.45, 7) is 10.0. The van der Waals surface area contributed by atoms with Crippen molar-refractivity contribution in [3.05, 3.63) is 82.5 Å². The zero-order valence-corrected chi connectivity index (χ0v) is 24.5. The molecule has 1 amide bonds. The SMILES string of the molecule is CC1=C(C(=O)OC(C)C)[C@@H](c2cccc(Oc3ccccc3)c2)N2C(CC(=O)NCCN3CCOCC3)=CSC2=N1. The summed E-state index contributed by atoms with van der Waals surface area (Å²) in [5, 5.41) is 5.72. The number of allylic oxidation sites excluding steroid dienone is 1. The van der Waals surface area contributed by atoms with E-state index in [1.165, 1.54) is 11.8 Å². The van der Waals surface area contributed by atoms with E-state index in [4.69, 9.17) is 19.2 Å². The van der Waals surface area contributed by atoms with Gasteiger partial charge in [-0.05, 0) is 56.0 Å². The molecule has 41 heavy (non-hydrogen) atoms. The highest BCUT2D eigenvalue weighted by molar-refractivity contribution is 8.16. The van der Waals surface area contributed by atoms with Gasteiger partial charge in [0.05, 0.1) is 43.1 Å². The van der Waals surface area contributed by atoms with E-state index in [1.807, 2.05) is 85.7 Å². The van der Waals surface area contributed by atoms with Crippen molar-refractivity contribution in [2.75, 3.05) is 39.4 Å². The molecule has 5 rings (SSSR count). The Kier molecular flexibility index (Phi) is 9.43. The zero-order chi connectivity index (χ0) is 28.8. The number of nitrogens with zero attached hydrogens (tertiary/aromatic N) is 3. The number of carbonyl (C=O) groups excluding carboxylic acids is 2. The number of hydrogen-bond donors (Lipinski definition) is 1. The molecule has 0 bridgehead atoms. The lowest BCUT2D eigenvalue weighted by Gasteiger charge is -2.36. The third-order valence-corrected chi connectivity index (χ3v) is 7.80. The Hall–Kier alpha value is -3.60. The van der Waals surface area contributed by atoms with Crippen LogP contribution in [0.1, 0.15) is 38.8 Å². The topological polar surface area (TPSA) is 92.7 Å². The van der Waals surface area contributed by atoms with E-state index in [9.17, 15) is 9.59 Å². The Balaban J connectivity index is 1.39. The predicted octanol–water partition coefficient (Wildman–Crippen LogP) is 4.84. The molecule has 216 valence electrons. The van der Waals surface area contributed by atoms with Crippen LogP contribution in [0.25, 0.3) is 0 Å². The number of morpholine rings is 1. The molecular formula is C31H36N4O5S. The second-order valence-corrected chi connectivity index (χ2v) is 11.2. The average Bonchev–Trinajstić information content (AvgIpc) is 3.34. The van der Waals surface area contributed by atoms with Crippen LogP contribution in [0.4, 0.5) is 0 Å². The molecule has 1 atom stereocenters. The van der Waals surface area contributed by atoms with Gasteiger partial charge >= 0.3 is 5.97 Å². The van der Waals surface area contributed by atoms with Gasteiger partial charge in [-0.25, -0.2) is 9.79 Å². The molecule has 3 heterocycles. The summed E-state index contributed by atoms with van der Waals surface area (Å²) in [7, 11) is 0. The van der Waals surface area contributed by atoms with Crippen molar-refractivity contribution >= 4 is 28.8 Å². The maximum absolute atomic E-state index is 13.5. The van der Waals surface area contributed by atoms with Gasteiger partial charge in [0.2, 0.25) is 5.91 Å². The quantitative estimate of drug-likeness (QED) is 0.402. The summed E-state index contributed by atoms with van der Waals surface area (Å²) in [4.78, 5) is 35.5. The van der Waals surface area contributed by atoms with Crippen molar-refractivity contribution in [1.82, 2.24) is 15.1 Å². The van der Waals surface area contributed by atoms with Crippen LogP contribution in [-0.4, -0.2) is 72.3 Å². The number of amides is 1. The van der Waals surface area contributed by atoms with Crippen LogP contribution in [0.2, 0.25) is 0 Å². The maximum atomic E-state index is 13.5. The molecule has 9 nitrogen and oxygen atoms in total. The number of aliphatic imine (C=N–C) groups is 1. The van der Waals surface area contributed by atoms with E-state index in [1.54, 1.807) is 0 Å². The predicted molar refractivity (Wildman–Crippen MR) is 159 cm³/mol. The van der Waals surface area contributed by atoms with E-state index >= 15 is 0 Å². The van der Waals surface area contributed by atoms with Crippen LogP contribution in [0.3, 0.4) is 0 Å². The normalized spacial score (nSPS) is 19.0. The van der Waals surface area contributed by atoms with Gasteiger partial charge in [0.25, 0.3) is 0 Å². The van der Waals surface area contributed by atoms with Crippen molar-refractivity contribution < 1.29 is 23.8 Å². The number of para-hydroxylation sites is 1. The van der Waals surface area contributed by atoms with Gasteiger partial charge in [0.15, 0.2) is 5.17 Å². The van der Waals surface area contributed by atoms with Gasteiger partial charge in [-0.15, -0.1) is 0 Å². The highest BCUT2D eigenvalue weighted by Crippen LogP contribution is 2.45. The zero-order valence-electron chi connectivity index (χ0n) is 23.7. The van der Waals surface area contributed by atoms with Crippen LogP contribution in [0.15, 0.2) is 82.0 Å². The number of carbonyl (C=O) groups is 2. The van der Waals surface area contributed by atoms with Crippen LogP contribution < -0.4 is 10.1 Å². The number of esters is 1. The standard InChI is InChI=1S/C31H36N4O5S/c1-21(2)39-30(37)28-22(3)33-31-35(24(20-41-31)19-27(36)32-12-13-34-14-16-38-17-15-34)29(28)23-8-7-11-26(18-23)40-25-9-5-4-6-10-25/h4-11,18,20-21,29H,12-17,19H2,1-3H3,(H,32,36)/t29-/m1/s1. The van der Waals surface area contributed by atoms with E-state index in [2.05, 4.69) is 10.2 Å². The Bertz CT molecular complexity index is 1350. The Morgan fingerprint density at radius 1 is 1.10 bits per heavy atom. The molecule has 3 aliphatic rings. The monoisotopic (exact) mass is 576 g/mol. The molecular weight excluding hydrogens is 540 g/mol. The molecule has 10 heteroatoms. The molecule has 0 unspecified atom stereocenters. The number of rotatable bonds is 10. The fourth-order valence-electron chi connectivity index (χ4n) is 5.00. The van der Waals surface area contributed by atoms with Crippen molar-refractivity contribution in [1.29, 1.82) is 0 Å². The minimum Gasteiger partial charge on any atom is -0.459 e. The van der Waals surface area contributed by atoms with Gasteiger partial charge in [0, 0.05) is 31.9 Å². The van der Waals surface area contributed by atoms with Gasteiger partial charge in [-0.3, -0.25) is 9.69 Å². The van der Waals surface area contributed by atoms with Crippen LogP contribution >= 0.6 is 11.8 Å². The number of amidine groups is 1. The number of hydrogen-bond acceptors (Lipinski definition) is 9. The van der Waals surface area contributed by atoms with Crippen molar-refractivity contribution in [3.8, 4) is 11.5 Å². The van der Waals surface area contributed by atoms with Crippen molar-refractivity contribution in [2.45, 2.75) is 39.3 Å². The molecule has 0 aliphatic carbocycles. The molecule has 2 aromatic rings. The van der Waals surface area contributed by atoms with Crippen molar-refractivity contribution in [3.63, 3.8) is 0 Å². The molecule has 3 aliphatic heterocycles. The second-order valence-electron chi connectivity index (χ2n) is 10.3. The first-order chi connectivity index (χ1) is 19.9. The third-order valence-electron chi connectivity index (χ3n) is 6.91. The molecule has 0 spiro atoms. The number of fused-ring (bicyclic) bond motifs is 1. The van der Waals surface area contributed by atoms with E-state index in [0.29, 0.717) is 29.3 Å². The first-order valence-electron chi connectivity index (χ1n) is 13.9. The lowest BCUT2D eigenvalue weighted by molar-refractivity contribution is -0.143. The van der Waals surface area contributed by atoms with Crippen LogP contribution in [0, 0.1) is 0 Å². The first-order valence-corrected chi connectivity index (χ1v) is 14.8. The molecule has 2 aromatic carbocycles. The fourth-order valence-corrected chi connectivity index (χ4v) is 5.97. The molecule has 0 radical (unpaired) electrons. The number of thioether (sulfide) groups is 1. The van der Waals surface area contributed by atoms with Gasteiger partial charge in [0.1, 0.15) is 11.5 Å².